The maximum atomic E-state index is 6.17. The fourth-order valence-corrected chi connectivity index (χ4v) is 2.23. The van der Waals surface area contributed by atoms with Crippen LogP contribution in [0, 0.1) is 13.8 Å². The van der Waals surface area contributed by atoms with Crippen LogP contribution in [-0.4, -0.2) is 18.2 Å². The number of nitrogens with one attached hydrogen (secondary N) is 1. The Morgan fingerprint density at radius 2 is 1.75 bits per heavy atom. The van der Waals surface area contributed by atoms with E-state index in [2.05, 4.69) is 33.0 Å². The Morgan fingerprint density at radius 1 is 1.20 bits per heavy atom. The van der Waals surface area contributed by atoms with Crippen molar-refractivity contribution in [3.05, 3.63) is 28.3 Å². The molecule has 1 rings (SSSR count). The number of hydrogen-bond acceptors (Lipinski definition) is 2. The minimum Gasteiger partial charge on any atom is -0.491 e. The van der Waals surface area contributed by atoms with Crippen molar-refractivity contribution in [2.24, 2.45) is 0 Å². The molecule has 0 aromatic heterocycles. The molecule has 0 radical (unpaired) electrons. The Hall–Kier alpha value is -0.730. The first-order valence-corrected chi connectivity index (χ1v) is 7.75. The molecule has 0 aliphatic heterocycles. The summed E-state index contributed by atoms with van der Waals surface area (Å²) in [5.74, 6) is 0.917. The molecule has 0 spiro atoms. The molecule has 0 bridgehead atoms. The van der Waals surface area contributed by atoms with Crippen LogP contribution in [0.5, 0.6) is 5.75 Å². The molecule has 1 unspecified atom stereocenters. The second-order valence-corrected chi connectivity index (χ2v) is 7.00. The number of benzene rings is 1. The predicted molar refractivity (Wildman–Crippen MR) is 88.0 cm³/mol. The van der Waals surface area contributed by atoms with Crippen LogP contribution in [0.25, 0.3) is 0 Å². The molecule has 1 atom stereocenters. The van der Waals surface area contributed by atoms with Gasteiger partial charge in [-0.3, -0.25) is 0 Å². The summed E-state index contributed by atoms with van der Waals surface area (Å²) in [6.07, 6.45) is 2.38. The molecule has 2 nitrogen and oxygen atoms in total. The Kier molecular flexibility index (Phi) is 6.35. The highest BCUT2D eigenvalue weighted by molar-refractivity contribution is 6.32. The summed E-state index contributed by atoms with van der Waals surface area (Å²) in [6.45, 7) is 13.7. The van der Waals surface area contributed by atoms with Gasteiger partial charge in [0.25, 0.3) is 0 Å². The topological polar surface area (TPSA) is 21.3 Å². The average molecular weight is 298 g/mol. The zero-order valence-electron chi connectivity index (χ0n) is 13.6. The number of halogens is 1. The number of ether oxygens (including phenoxy) is 1. The van der Waals surface area contributed by atoms with Crippen LogP contribution in [0.3, 0.4) is 0 Å². The fourth-order valence-electron chi connectivity index (χ4n) is 2.12. The van der Waals surface area contributed by atoms with E-state index in [-0.39, 0.29) is 11.6 Å². The first kappa shape index (κ1) is 17.3. The van der Waals surface area contributed by atoms with E-state index >= 15 is 0 Å². The third-order valence-electron chi connectivity index (χ3n) is 3.19. The molecule has 0 aliphatic carbocycles. The molecule has 0 amide bonds. The Labute approximate surface area is 128 Å². The van der Waals surface area contributed by atoms with E-state index < -0.39 is 0 Å². The molecule has 1 aromatic carbocycles. The van der Waals surface area contributed by atoms with Gasteiger partial charge in [-0.25, -0.2) is 0 Å². The second-order valence-electron chi connectivity index (χ2n) is 6.62. The first-order chi connectivity index (χ1) is 9.19. The van der Waals surface area contributed by atoms with Gasteiger partial charge in [-0.1, -0.05) is 11.6 Å². The molecule has 1 N–H and O–H groups in total. The van der Waals surface area contributed by atoms with E-state index in [9.17, 15) is 0 Å². The van der Waals surface area contributed by atoms with E-state index in [0.717, 1.165) is 41.3 Å². The van der Waals surface area contributed by atoms with Crippen molar-refractivity contribution in [3.8, 4) is 5.75 Å². The zero-order chi connectivity index (χ0) is 15.3. The Morgan fingerprint density at radius 3 is 2.25 bits per heavy atom. The Bertz CT molecular complexity index is 414. The molecular weight excluding hydrogens is 270 g/mol. The largest absolute Gasteiger partial charge is 0.491 e. The normalized spacial score (nSPS) is 13.3. The zero-order valence-corrected chi connectivity index (χ0v) is 14.4. The van der Waals surface area contributed by atoms with Crippen LogP contribution < -0.4 is 10.1 Å². The fraction of sp³-hybridized carbons (Fsp3) is 0.647. The van der Waals surface area contributed by atoms with Gasteiger partial charge in [0.1, 0.15) is 5.75 Å². The average Bonchev–Trinajstić information content (AvgIpc) is 2.30. The van der Waals surface area contributed by atoms with Crippen molar-refractivity contribution >= 4 is 11.6 Å². The van der Waals surface area contributed by atoms with Crippen LogP contribution in [0.4, 0.5) is 0 Å². The van der Waals surface area contributed by atoms with Gasteiger partial charge in [-0.05, 0) is 84.2 Å². The third kappa shape index (κ3) is 6.15. The lowest BCUT2D eigenvalue weighted by Gasteiger charge is -2.21. The SMILES string of the molecule is Cc1cc(OC(C)CCCNC(C)(C)C)cc(C)c1Cl. The van der Waals surface area contributed by atoms with Crippen molar-refractivity contribution in [3.63, 3.8) is 0 Å². The molecule has 114 valence electrons. The number of rotatable bonds is 6. The summed E-state index contributed by atoms with van der Waals surface area (Å²) in [4.78, 5) is 0. The molecular formula is C17H28ClNO. The van der Waals surface area contributed by atoms with Crippen LogP contribution in [-0.2, 0) is 0 Å². The van der Waals surface area contributed by atoms with Crippen molar-refractivity contribution < 1.29 is 4.74 Å². The predicted octanol–water partition coefficient (Wildman–Crippen LogP) is 4.89. The van der Waals surface area contributed by atoms with Gasteiger partial charge in [0.2, 0.25) is 0 Å². The van der Waals surface area contributed by atoms with Gasteiger partial charge in [-0.15, -0.1) is 0 Å². The van der Waals surface area contributed by atoms with E-state index in [1.807, 2.05) is 26.0 Å². The summed E-state index contributed by atoms with van der Waals surface area (Å²) >= 11 is 6.17. The maximum absolute atomic E-state index is 6.17. The molecule has 3 heteroatoms. The van der Waals surface area contributed by atoms with E-state index in [1.165, 1.54) is 0 Å². The Balaban J connectivity index is 2.41. The monoisotopic (exact) mass is 297 g/mol. The summed E-state index contributed by atoms with van der Waals surface area (Å²) in [5, 5.41) is 4.33. The number of aryl methyl sites for hydroxylation is 2. The van der Waals surface area contributed by atoms with Gasteiger partial charge in [0.05, 0.1) is 6.10 Å². The number of hydrogen-bond donors (Lipinski definition) is 1. The minimum absolute atomic E-state index is 0.189. The lowest BCUT2D eigenvalue weighted by atomic mass is 10.1. The summed E-state index contributed by atoms with van der Waals surface area (Å²) in [6, 6.07) is 4.03. The lowest BCUT2D eigenvalue weighted by molar-refractivity contribution is 0.205. The van der Waals surface area contributed by atoms with Gasteiger partial charge in [0.15, 0.2) is 0 Å². The van der Waals surface area contributed by atoms with E-state index in [4.69, 9.17) is 16.3 Å². The van der Waals surface area contributed by atoms with Gasteiger partial charge in [0, 0.05) is 10.6 Å². The molecule has 0 saturated heterocycles. The van der Waals surface area contributed by atoms with Gasteiger partial charge >= 0.3 is 0 Å². The van der Waals surface area contributed by atoms with Crippen molar-refractivity contribution in [1.82, 2.24) is 5.32 Å². The standard InChI is InChI=1S/C17H28ClNO/c1-12-10-15(11-13(2)16(12)18)20-14(3)8-7-9-19-17(4,5)6/h10-11,14,19H,7-9H2,1-6H3. The maximum Gasteiger partial charge on any atom is 0.120 e. The molecule has 20 heavy (non-hydrogen) atoms. The van der Waals surface area contributed by atoms with Crippen LogP contribution in [0.15, 0.2) is 12.1 Å². The second kappa shape index (κ2) is 7.33. The summed E-state index contributed by atoms with van der Waals surface area (Å²) < 4.78 is 5.98. The van der Waals surface area contributed by atoms with Crippen molar-refractivity contribution in [2.75, 3.05) is 6.54 Å². The summed E-state index contributed by atoms with van der Waals surface area (Å²) in [7, 11) is 0. The minimum atomic E-state index is 0.189. The van der Waals surface area contributed by atoms with Crippen LogP contribution in [0.2, 0.25) is 5.02 Å². The van der Waals surface area contributed by atoms with Crippen molar-refractivity contribution in [2.45, 2.75) is 66.0 Å². The molecule has 0 heterocycles. The van der Waals surface area contributed by atoms with Crippen LogP contribution in [0.1, 0.15) is 51.7 Å². The highest BCUT2D eigenvalue weighted by atomic mass is 35.5. The van der Waals surface area contributed by atoms with Gasteiger partial charge in [-0.2, -0.15) is 0 Å². The lowest BCUT2D eigenvalue weighted by Crippen LogP contribution is -2.36. The van der Waals surface area contributed by atoms with Crippen molar-refractivity contribution in [1.29, 1.82) is 0 Å². The first-order valence-electron chi connectivity index (χ1n) is 7.37. The molecule has 0 aliphatic rings. The quantitative estimate of drug-likeness (QED) is 0.755. The van der Waals surface area contributed by atoms with E-state index in [1.54, 1.807) is 0 Å². The smallest absolute Gasteiger partial charge is 0.120 e. The molecule has 1 aromatic rings. The highest BCUT2D eigenvalue weighted by Crippen LogP contribution is 2.26. The molecule has 0 saturated carbocycles. The summed E-state index contributed by atoms with van der Waals surface area (Å²) in [5.41, 5.74) is 2.33. The van der Waals surface area contributed by atoms with Crippen LogP contribution >= 0.6 is 11.6 Å². The van der Waals surface area contributed by atoms with E-state index in [0.29, 0.717) is 0 Å². The third-order valence-corrected chi connectivity index (χ3v) is 3.79. The molecule has 0 fully saturated rings. The highest BCUT2D eigenvalue weighted by Gasteiger charge is 2.10. The van der Waals surface area contributed by atoms with Gasteiger partial charge < -0.3 is 10.1 Å².